The molecule has 19 heavy (non-hydrogen) atoms. The van der Waals surface area contributed by atoms with Crippen LogP contribution >= 0.6 is 0 Å². The van der Waals surface area contributed by atoms with E-state index < -0.39 is 23.3 Å². The van der Waals surface area contributed by atoms with Gasteiger partial charge >= 0.3 is 6.03 Å². The molecular weight excluding hydrogens is 248 g/mol. The highest BCUT2D eigenvalue weighted by molar-refractivity contribution is 6.29. The molecule has 0 aromatic heterocycles. The van der Waals surface area contributed by atoms with Crippen molar-refractivity contribution in [3.8, 4) is 0 Å². The molecule has 0 spiro atoms. The molecule has 1 fully saturated rings. The SMILES string of the molecule is CC1(C)C(=O)NC(=O)N(c2ccc(CO)cc2)C1=O. The molecule has 1 aromatic carbocycles. The van der Waals surface area contributed by atoms with Crippen LogP contribution in [0.3, 0.4) is 0 Å². The van der Waals surface area contributed by atoms with Gasteiger partial charge in [0.25, 0.3) is 0 Å². The maximum atomic E-state index is 12.2. The second-order valence-electron chi connectivity index (χ2n) is 4.85. The van der Waals surface area contributed by atoms with Crippen LogP contribution in [0.15, 0.2) is 24.3 Å². The van der Waals surface area contributed by atoms with Crippen LogP contribution in [0.5, 0.6) is 0 Å². The Hall–Kier alpha value is -2.21. The van der Waals surface area contributed by atoms with E-state index in [2.05, 4.69) is 5.32 Å². The Morgan fingerprint density at radius 1 is 1.16 bits per heavy atom. The lowest BCUT2D eigenvalue weighted by molar-refractivity contribution is -0.140. The fourth-order valence-corrected chi connectivity index (χ4v) is 1.76. The molecule has 1 aliphatic heterocycles. The van der Waals surface area contributed by atoms with Gasteiger partial charge in [-0.2, -0.15) is 0 Å². The number of barbiturate groups is 1. The lowest BCUT2D eigenvalue weighted by Crippen LogP contribution is -2.62. The Labute approximate surface area is 110 Å². The van der Waals surface area contributed by atoms with Crippen molar-refractivity contribution < 1.29 is 19.5 Å². The second kappa shape index (κ2) is 4.47. The molecular formula is C13H14N2O4. The maximum Gasteiger partial charge on any atom is 0.335 e. The van der Waals surface area contributed by atoms with Crippen molar-refractivity contribution in [2.75, 3.05) is 4.90 Å². The molecule has 0 atom stereocenters. The first-order chi connectivity index (χ1) is 8.87. The van der Waals surface area contributed by atoms with Crippen LogP contribution in [-0.4, -0.2) is 23.0 Å². The van der Waals surface area contributed by atoms with E-state index in [4.69, 9.17) is 5.11 Å². The highest BCUT2D eigenvalue weighted by atomic mass is 16.3. The van der Waals surface area contributed by atoms with E-state index in [1.807, 2.05) is 0 Å². The van der Waals surface area contributed by atoms with Gasteiger partial charge in [-0.25, -0.2) is 9.69 Å². The first-order valence-corrected chi connectivity index (χ1v) is 5.77. The summed E-state index contributed by atoms with van der Waals surface area (Å²) in [5.41, 5.74) is -0.256. The molecule has 0 unspecified atom stereocenters. The summed E-state index contributed by atoms with van der Waals surface area (Å²) in [5.74, 6) is -1.18. The third kappa shape index (κ3) is 2.10. The van der Waals surface area contributed by atoms with Gasteiger partial charge in [-0.3, -0.25) is 14.9 Å². The number of carbonyl (C=O) groups excluding carboxylic acids is 3. The van der Waals surface area contributed by atoms with Crippen molar-refractivity contribution in [1.29, 1.82) is 0 Å². The quantitative estimate of drug-likeness (QED) is 0.771. The zero-order chi connectivity index (χ0) is 14.2. The van der Waals surface area contributed by atoms with Crippen molar-refractivity contribution in [1.82, 2.24) is 5.32 Å². The Bertz CT molecular complexity index is 548. The molecule has 1 heterocycles. The largest absolute Gasteiger partial charge is 0.392 e. The van der Waals surface area contributed by atoms with Crippen molar-refractivity contribution in [3.05, 3.63) is 29.8 Å². The summed E-state index contributed by atoms with van der Waals surface area (Å²) in [4.78, 5) is 36.5. The number of nitrogens with one attached hydrogen (secondary N) is 1. The molecule has 0 aliphatic carbocycles. The number of rotatable bonds is 2. The van der Waals surface area contributed by atoms with Crippen molar-refractivity contribution in [3.63, 3.8) is 0 Å². The predicted octanol–water partition coefficient (Wildman–Crippen LogP) is 0.788. The number of hydrogen-bond donors (Lipinski definition) is 2. The van der Waals surface area contributed by atoms with E-state index in [9.17, 15) is 14.4 Å². The Kier molecular flexibility index (Phi) is 3.11. The van der Waals surface area contributed by atoms with E-state index >= 15 is 0 Å². The van der Waals surface area contributed by atoms with Crippen LogP contribution < -0.4 is 10.2 Å². The summed E-state index contributed by atoms with van der Waals surface area (Å²) < 4.78 is 0. The lowest BCUT2D eigenvalue weighted by Gasteiger charge is -2.34. The number of urea groups is 1. The molecule has 0 saturated carbocycles. The molecule has 6 nitrogen and oxygen atoms in total. The molecule has 4 amide bonds. The van der Waals surface area contributed by atoms with Gasteiger partial charge < -0.3 is 5.11 Å². The van der Waals surface area contributed by atoms with Gasteiger partial charge in [0.05, 0.1) is 12.3 Å². The highest BCUT2D eigenvalue weighted by Crippen LogP contribution is 2.28. The average Bonchev–Trinajstić information content (AvgIpc) is 2.38. The summed E-state index contributed by atoms with van der Waals surface area (Å²) in [7, 11) is 0. The van der Waals surface area contributed by atoms with E-state index in [1.165, 1.54) is 13.8 Å². The van der Waals surface area contributed by atoms with E-state index in [-0.39, 0.29) is 6.61 Å². The summed E-state index contributed by atoms with van der Waals surface area (Å²) in [6.45, 7) is 2.81. The van der Waals surface area contributed by atoms with Gasteiger partial charge in [0, 0.05) is 0 Å². The topological polar surface area (TPSA) is 86.7 Å². The number of hydrogen-bond acceptors (Lipinski definition) is 4. The van der Waals surface area contributed by atoms with E-state index in [0.717, 1.165) is 4.90 Å². The van der Waals surface area contributed by atoms with Gasteiger partial charge in [0.2, 0.25) is 11.8 Å². The van der Waals surface area contributed by atoms with Crippen LogP contribution in [-0.2, 0) is 16.2 Å². The monoisotopic (exact) mass is 262 g/mol. The van der Waals surface area contributed by atoms with Gasteiger partial charge in [0.15, 0.2) is 0 Å². The summed E-state index contributed by atoms with van der Waals surface area (Å²) in [5, 5.41) is 11.1. The minimum Gasteiger partial charge on any atom is -0.392 e. The van der Waals surface area contributed by atoms with Crippen molar-refractivity contribution in [2.45, 2.75) is 20.5 Å². The zero-order valence-electron chi connectivity index (χ0n) is 10.6. The third-order valence-corrected chi connectivity index (χ3v) is 3.11. The molecule has 2 rings (SSSR count). The number of carbonyl (C=O) groups is 3. The first-order valence-electron chi connectivity index (χ1n) is 5.77. The fraction of sp³-hybridized carbons (Fsp3) is 0.308. The van der Waals surface area contributed by atoms with Gasteiger partial charge in [-0.15, -0.1) is 0 Å². The smallest absolute Gasteiger partial charge is 0.335 e. The Morgan fingerprint density at radius 2 is 1.74 bits per heavy atom. The average molecular weight is 262 g/mol. The maximum absolute atomic E-state index is 12.2. The van der Waals surface area contributed by atoms with Crippen LogP contribution in [0, 0.1) is 5.41 Å². The van der Waals surface area contributed by atoms with Crippen LogP contribution in [0.1, 0.15) is 19.4 Å². The normalized spacial score (nSPS) is 18.5. The molecule has 6 heteroatoms. The zero-order valence-corrected chi connectivity index (χ0v) is 10.6. The summed E-state index contributed by atoms with van der Waals surface area (Å²) in [6, 6.07) is 5.56. The highest BCUT2D eigenvalue weighted by Gasteiger charge is 2.47. The number of nitrogens with zero attached hydrogens (tertiary/aromatic N) is 1. The number of imide groups is 2. The number of anilines is 1. The van der Waals surface area contributed by atoms with E-state index in [1.54, 1.807) is 24.3 Å². The standard InChI is InChI=1S/C13H14N2O4/c1-13(2)10(17)14-12(19)15(11(13)18)9-5-3-8(7-16)4-6-9/h3-6,16H,7H2,1-2H3,(H,14,17,19). The lowest BCUT2D eigenvalue weighted by atomic mass is 9.88. The van der Waals surface area contributed by atoms with Gasteiger partial charge in [-0.1, -0.05) is 12.1 Å². The number of benzene rings is 1. The minimum absolute atomic E-state index is 0.121. The molecule has 0 bridgehead atoms. The number of aliphatic hydroxyl groups excluding tert-OH is 1. The fourth-order valence-electron chi connectivity index (χ4n) is 1.76. The Morgan fingerprint density at radius 3 is 2.26 bits per heavy atom. The van der Waals surface area contributed by atoms with E-state index in [0.29, 0.717) is 11.3 Å². The predicted molar refractivity (Wildman–Crippen MR) is 67.2 cm³/mol. The number of amides is 4. The Balaban J connectivity index is 2.39. The molecule has 1 aromatic rings. The molecule has 0 radical (unpaired) electrons. The van der Waals surface area contributed by atoms with Crippen molar-refractivity contribution in [2.24, 2.45) is 5.41 Å². The second-order valence-corrected chi connectivity index (χ2v) is 4.85. The van der Waals surface area contributed by atoms with Crippen LogP contribution in [0.2, 0.25) is 0 Å². The molecule has 100 valence electrons. The summed E-state index contributed by atoms with van der Waals surface area (Å²) >= 11 is 0. The third-order valence-electron chi connectivity index (χ3n) is 3.11. The number of aliphatic hydroxyl groups is 1. The molecule has 1 aliphatic rings. The molecule has 1 saturated heterocycles. The van der Waals surface area contributed by atoms with Crippen molar-refractivity contribution >= 4 is 23.5 Å². The van der Waals surface area contributed by atoms with Gasteiger partial charge in [0.1, 0.15) is 5.41 Å². The van der Waals surface area contributed by atoms with Gasteiger partial charge in [-0.05, 0) is 31.5 Å². The first kappa shape index (κ1) is 13.2. The summed E-state index contributed by atoms with van der Waals surface area (Å²) in [6.07, 6.45) is 0. The van der Waals surface area contributed by atoms with Crippen LogP contribution in [0.4, 0.5) is 10.5 Å². The minimum atomic E-state index is -1.29. The molecule has 2 N–H and O–H groups in total. The van der Waals surface area contributed by atoms with Crippen LogP contribution in [0.25, 0.3) is 0 Å².